The lowest BCUT2D eigenvalue weighted by atomic mass is 10.4. The van der Waals surface area contributed by atoms with Crippen LogP contribution in [0.25, 0.3) is 0 Å². The molecule has 4 nitrogen and oxygen atoms in total. The summed E-state index contributed by atoms with van der Waals surface area (Å²) >= 11 is 5.31. The van der Waals surface area contributed by atoms with Crippen LogP contribution in [0.1, 0.15) is 0 Å². The normalized spacial score (nSPS) is 11.9. The first-order valence-corrected chi connectivity index (χ1v) is 3.04. The number of nitrogens with two attached hydrogens (primary N) is 1. The summed E-state index contributed by atoms with van der Waals surface area (Å²) in [6.07, 6.45) is 3.36. The molecule has 0 aliphatic carbocycles. The molecule has 5 heteroatoms. The maximum atomic E-state index is 10.1. The molecule has 0 radical (unpaired) electrons. The zero-order valence-corrected chi connectivity index (χ0v) is 6.41. The fourth-order valence-corrected chi connectivity index (χ4v) is 0.416. The van der Waals surface area contributed by atoms with E-state index in [-0.39, 0.29) is 10.7 Å². The SMILES string of the molecule is C=C(Cl)/C=C\C(=C/N)[N+](=O)[O-]. The minimum Gasteiger partial charge on any atom is -0.399 e. The van der Waals surface area contributed by atoms with Crippen LogP contribution in [0, 0.1) is 10.1 Å². The van der Waals surface area contributed by atoms with E-state index in [0.29, 0.717) is 0 Å². The molecule has 60 valence electrons. The summed E-state index contributed by atoms with van der Waals surface area (Å²) in [7, 11) is 0. The van der Waals surface area contributed by atoms with Crippen LogP contribution in [0.2, 0.25) is 0 Å². The molecule has 0 unspecified atom stereocenters. The third-order valence-corrected chi connectivity index (χ3v) is 0.943. The van der Waals surface area contributed by atoms with E-state index < -0.39 is 4.92 Å². The van der Waals surface area contributed by atoms with Gasteiger partial charge in [-0.05, 0) is 6.08 Å². The van der Waals surface area contributed by atoms with E-state index in [2.05, 4.69) is 6.58 Å². The Bertz CT molecular complexity index is 233. The summed E-state index contributed by atoms with van der Waals surface area (Å²) < 4.78 is 0. The van der Waals surface area contributed by atoms with Gasteiger partial charge in [0, 0.05) is 11.1 Å². The molecule has 11 heavy (non-hydrogen) atoms. The summed E-state index contributed by atoms with van der Waals surface area (Å²) in [6.45, 7) is 3.31. The largest absolute Gasteiger partial charge is 0.399 e. The van der Waals surface area contributed by atoms with E-state index in [9.17, 15) is 10.1 Å². The topological polar surface area (TPSA) is 69.2 Å². The number of hydrogen-bond acceptors (Lipinski definition) is 3. The summed E-state index contributed by atoms with van der Waals surface area (Å²) in [6, 6.07) is 0. The Morgan fingerprint density at radius 1 is 1.64 bits per heavy atom. The molecule has 0 aromatic carbocycles. The monoisotopic (exact) mass is 174 g/mol. The second-order valence-electron chi connectivity index (χ2n) is 1.63. The van der Waals surface area contributed by atoms with E-state index in [1.54, 1.807) is 0 Å². The Labute approximate surface area is 68.8 Å². The molecule has 2 N–H and O–H groups in total. The van der Waals surface area contributed by atoms with Gasteiger partial charge in [-0.1, -0.05) is 18.2 Å². The van der Waals surface area contributed by atoms with Crippen molar-refractivity contribution in [2.24, 2.45) is 5.73 Å². The fraction of sp³-hybridized carbons (Fsp3) is 0. The number of nitro groups is 1. The molecule has 0 saturated carbocycles. The van der Waals surface area contributed by atoms with E-state index in [4.69, 9.17) is 17.3 Å². The van der Waals surface area contributed by atoms with Crippen LogP contribution in [0.4, 0.5) is 0 Å². The molecule has 0 atom stereocenters. The van der Waals surface area contributed by atoms with Crippen molar-refractivity contribution >= 4 is 11.6 Å². The van der Waals surface area contributed by atoms with Gasteiger partial charge in [-0.3, -0.25) is 10.1 Å². The Balaban J connectivity index is 4.34. The smallest absolute Gasteiger partial charge is 0.284 e. The summed E-state index contributed by atoms with van der Waals surface area (Å²) in [5.41, 5.74) is 4.72. The summed E-state index contributed by atoms with van der Waals surface area (Å²) in [5, 5.41) is 10.3. The predicted octanol–water partition coefficient (Wildman–Crippen LogP) is 1.37. The van der Waals surface area contributed by atoms with Crippen LogP contribution < -0.4 is 5.73 Å². The average Bonchev–Trinajstić information content (AvgIpc) is 1.87. The van der Waals surface area contributed by atoms with Gasteiger partial charge in [-0.25, -0.2) is 0 Å². The van der Waals surface area contributed by atoms with Crippen LogP contribution >= 0.6 is 11.6 Å². The van der Waals surface area contributed by atoms with Crippen LogP contribution in [-0.4, -0.2) is 4.92 Å². The molecule has 0 bridgehead atoms. The van der Waals surface area contributed by atoms with Gasteiger partial charge in [0.25, 0.3) is 5.70 Å². The molecule has 0 aromatic rings. The molecule has 0 saturated heterocycles. The van der Waals surface area contributed by atoms with Crippen LogP contribution in [0.3, 0.4) is 0 Å². The summed E-state index contributed by atoms with van der Waals surface area (Å²) in [5.74, 6) is 0. The quantitative estimate of drug-likeness (QED) is 0.399. The van der Waals surface area contributed by atoms with Crippen LogP contribution in [0.15, 0.2) is 35.7 Å². The fourth-order valence-electron chi connectivity index (χ4n) is 0.353. The lowest BCUT2D eigenvalue weighted by Crippen LogP contribution is -1.98. The van der Waals surface area contributed by atoms with Gasteiger partial charge < -0.3 is 5.73 Å². The molecule has 0 rings (SSSR count). The second-order valence-corrected chi connectivity index (χ2v) is 2.11. The molecule has 0 aliphatic heterocycles. The van der Waals surface area contributed by atoms with Gasteiger partial charge in [-0.2, -0.15) is 0 Å². The van der Waals surface area contributed by atoms with E-state index in [1.165, 1.54) is 12.2 Å². The maximum Gasteiger partial charge on any atom is 0.284 e. The number of nitrogens with zero attached hydrogens (tertiary/aromatic N) is 1. The van der Waals surface area contributed by atoms with E-state index in [0.717, 1.165) is 6.20 Å². The average molecular weight is 175 g/mol. The van der Waals surface area contributed by atoms with Crippen molar-refractivity contribution in [1.82, 2.24) is 0 Å². The minimum absolute atomic E-state index is 0.214. The molecule has 0 aromatic heterocycles. The van der Waals surface area contributed by atoms with Gasteiger partial charge in [0.1, 0.15) is 0 Å². The first-order valence-electron chi connectivity index (χ1n) is 2.66. The highest BCUT2D eigenvalue weighted by molar-refractivity contribution is 6.30. The van der Waals surface area contributed by atoms with E-state index >= 15 is 0 Å². The van der Waals surface area contributed by atoms with Crippen molar-refractivity contribution in [2.75, 3.05) is 0 Å². The minimum atomic E-state index is -0.615. The first kappa shape index (κ1) is 9.71. The van der Waals surface area contributed by atoms with E-state index in [1.807, 2.05) is 0 Å². The zero-order valence-electron chi connectivity index (χ0n) is 5.66. The number of halogens is 1. The lowest BCUT2D eigenvalue weighted by Gasteiger charge is -1.87. The van der Waals surface area contributed by atoms with Crippen molar-refractivity contribution in [3.63, 3.8) is 0 Å². The Kier molecular flexibility index (Phi) is 3.98. The van der Waals surface area contributed by atoms with Crippen LogP contribution in [-0.2, 0) is 0 Å². The number of rotatable bonds is 3. The molecule has 0 amide bonds. The number of hydrogen-bond donors (Lipinski definition) is 1. The van der Waals surface area contributed by atoms with Gasteiger partial charge in [0.2, 0.25) is 0 Å². The Morgan fingerprint density at radius 2 is 2.18 bits per heavy atom. The highest BCUT2D eigenvalue weighted by atomic mass is 35.5. The Morgan fingerprint density at radius 3 is 2.45 bits per heavy atom. The molecule has 0 spiro atoms. The van der Waals surface area contributed by atoms with Gasteiger partial charge in [0.05, 0.1) is 11.1 Å². The summed E-state index contributed by atoms with van der Waals surface area (Å²) in [4.78, 5) is 9.46. The molecular formula is C6H7ClN2O2. The maximum absolute atomic E-state index is 10.1. The highest BCUT2D eigenvalue weighted by Crippen LogP contribution is 2.02. The third-order valence-electron chi connectivity index (χ3n) is 0.817. The van der Waals surface area contributed by atoms with Crippen molar-refractivity contribution < 1.29 is 4.92 Å². The lowest BCUT2D eigenvalue weighted by molar-refractivity contribution is -0.419. The molecular weight excluding hydrogens is 168 g/mol. The van der Waals surface area contributed by atoms with Crippen molar-refractivity contribution in [2.45, 2.75) is 0 Å². The van der Waals surface area contributed by atoms with Crippen molar-refractivity contribution in [1.29, 1.82) is 0 Å². The van der Waals surface area contributed by atoms with Crippen molar-refractivity contribution in [3.8, 4) is 0 Å². The third kappa shape index (κ3) is 4.16. The van der Waals surface area contributed by atoms with Crippen molar-refractivity contribution in [3.05, 3.63) is 45.8 Å². The Hall–Kier alpha value is -1.29. The first-order chi connectivity index (χ1) is 5.07. The number of allylic oxidation sites excluding steroid dienone is 3. The van der Waals surface area contributed by atoms with Crippen LogP contribution in [0.5, 0.6) is 0 Å². The highest BCUT2D eigenvalue weighted by Gasteiger charge is 2.02. The second kappa shape index (κ2) is 4.51. The van der Waals surface area contributed by atoms with Gasteiger partial charge in [0.15, 0.2) is 0 Å². The standard InChI is InChI=1S/C6H7ClN2O2/c1-5(7)2-3-6(4-8)9(10)11/h2-4H,1,8H2/b3-2-,6-4+. The molecule has 0 fully saturated rings. The predicted molar refractivity (Wildman–Crippen MR) is 43.4 cm³/mol. The molecule has 0 aliphatic rings. The molecule has 0 heterocycles. The van der Waals surface area contributed by atoms with Gasteiger partial charge >= 0.3 is 0 Å². The van der Waals surface area contributed by atoms with Gasteiger partial charge in [-0.15, -0.1) is 0 Å². The zero-order chi connectivity index (χ0) is 8.85.